The van der Waals surface area contributed by atoms with Crippen LogP contribution in [0.1, 0.15) is 31.7 Å². The topological polar surface area (TPSA) is 52.7 Å². The number of piperidine rings is 1. The van der Waals surface area contributed by atoms with E-state index in [9.17, 15) is 9.59 Å². The number of hydrogen-bond donors (Lipinski definition) is 1. The van der Waals surface area contributed by atoms with E-state index in [4.69, 9.17) is 11.6 Å². The molecule has 0 aromatic heterocycles. The van der Waals surface area contributed by atoms with E-state index in [-0.39, 0.29) is 23.3 Å². The Morgan fingerprint density at radius 3 is 2.74 bits per heavy atom. The Morgan fingerprint density at radius 2 is 2.04 bits per heavy atom. The molecular formula is C21H28ClN3O2. The number of nitrogens with one attached hydrogen (secondary N) is 1. The van der Waals surface area contributed by atoms with Crippen molar-refractivity contribution in [1.82, 2.24) is 15.1 Å². The Balaban J connectivity index is 1.32. The fourth-order valence-electron chi connectivity index (χ4n) is 4.85. The molecule has 1 spiro atoms. The molecule has 2 unspecified atom stereocenters. The lowest BCUT2D eigenvalue weighted by atomic mass is 9.91. The molecule has 1 saturated carbocycles. The average Bonchev–Trinajstić information content (AvgIpc) is 3.34. The Bertz CT molecular complexity index is 732. The van der Waals surface area contributed by atoms with E-state index in [0.717, 1.165) is 37.9 Å². The molecule has 1 N–H and O–H groups in total. The zero-order valence-corrected chi connectivity index (χ0v) is 16.7. The second-order valence-electron chi connectivity index (χ2n) is 8.40. The molecule has 2 amide bonds. The minimum absolute atomic E-state index is 0.0529. The van der Waals surface area contributed by atoms with Crippen molar-refractivity contribution >= 4 is 23.4 Å². The third-order valence-corrected chi connectivity index (χ3v) is 6.83. The number of amides is 2. The lowest BCUT2D eigenvalue weighted by molar-refractivity contribution is -0.143. The maximum absolute atomic E-state index is 13.0. The van der Waals surface area contributed by atoms with Gasteiger partial charge in [-0.1, -0.05) is 23.7 Å². The first-order valence-corrected chi connectivity index (χ1v) is 10.4. The standard InChI is InChI=1S/C21H28ClN3O2/c1-15-14-24(20(27)18-13-21(18)5-7-23-8-6-21)9-10-25(15)19(26)12-16-3-2-4-17(22)11-16/h2-4,11,15,18,23H,5-10,12-14H2,1H3. The van der Waals surface area contributed by atoms with Gasteiger partial charge in [0.1, 0.15) is 0 Å². The van der Waals surface area contributed by atoms with E-state index >= 15 is 0 Å². The van der Waals surface area contributed by atoms with Gasteiger partial charge in [0.05, 0.1) is 6.42 Å². The van der Waals surface area contributed by atoms with Crippen LogP contribution in [0.5, 0.6) is 0 Å². The third kappa shape index (κ3) is 3.85. The minimum Gasteiger partial charge on any atom is -0.339 e. The maximum Gasteiger partial charge on any atom is 0.227 e. The van der Waals surface area contributed by atoms with Crippen molar-refractivity contribution in [2.24, 2.45) is 11.3 Å². The van der Waals surface area contributed by atoms with Crippen LogP contribution in [0.15, 0.2) is 24.3 Å². The Labute approximate surface area is 166 Å². The molecule has 2 heterocycles. The van der Waals surface area contributed by atoms with Crippen LogP contribution in [-0.4, -0.2) is 60.4 Å². The van der Waals surface area contributed by atoms with Gasteiger partial charge in [-0.15, -0.1) is 0 Å². The summed E-state index contributed by atoms with van der Waals surface area (Å²) in [6.07, 6.45) is 3.65. The van der Waals surface area contributed by atoms with E-state index in [1.807, 2.05) is 41.0 Å². The third-order valence-electron chi connectivity index (χ3n) is 6.59. The molecule has 6 heteroatoms. The van der Waals surface area contributed by atoms with Gasteiger partial charge in [-0.25, -0.2) is 0 Å². The van der Waals surface area contributed by atoms with E-state index in [0.29, 0.717) is 37.0 Å². The predicted octanol–water partition coefficient (Wildman–Crippen LogP) is 2.33. The largest absolute Gasteiger partial charge is 0.339 e. The van der Waals surface area contributed by atoms with Crippen LogP contribution in [0, 0.1) is 11.3 Å². The van der Waals surface area contributed by atoms with Gasteiger partial charge in [0.2, 0.25) is 11.8 Å². The SMILES string of the molecule is CC1CN(C(=O)C2CC23CCNCC3)CCN1C(=O)Cc1cccc(Cl)c1. The number of hydrogen-bond acceptors (Lipinski definition) is 3. The van der Waals surface area contributed by atoms with Gasteiger partial charge in [-0.3, -0.25) is 9.59 Å². The molecule has 146 valence electrons. The van der Waals surface area contributed by atoms with Crippen LogP contribution in [0.25, 0.3) is 0 Å². The van der Waals surface area contributed by atoms with Crippen molar-refractivity contribution in [1.29, 1.82) is 0 Å². The highest BCUT2D eigenvalue weighted by molar-refractivity contribution is 6.30. The Kier molecular flexibility index (Phi) is 5.17. The van der Waals surface area contributed by atoms with Crippen molar-refractivity contribution in [2.75, 3.05) is 32.7 Å². The first kappa shape index (κ1) is 18.8. The van der Waals surface area contributed by atoms with Crippen molar-refractivity contribution in [3.8, 4) is 0 Å². The molecule has 5 nitrogen and oxygen atoms in total. The van der Waals surface area contributed by atoms with Crippen LogP contribution in [0.3, 0.4) is 0 Å². The lowest BCUT2D eigenvalue weighted by Crippen LogP contribution is -2.56. The highest BCUT2D eigenvalue weighted by Gasteiger charge is 2.58. The van der Waals surface area contributed by atoms with Crippen molar-refractivity contribution < 1.29 is 9.59 Å². The molecule has 1 aromatic rings. The highest BCUT2D eigenvalue weighted by atomic mass is 35.5. The van der Waals surface area contributed by atoms with Gasteiger partial charge < -0.3 is 15.1 Å². The van der Waals surface area contributed by atoms with E-state index in [2.05, 4.69) is 5.32 Å². The quantitative estimate of drug-likeness (QED) is 0.863. The average molecular weight is 390 g/mol. The molecule has 1 aromatic carbocycles. The molecule has 2 aliphatic heterocycles. The number of carbonyl (C=O) groups excluding carboxylic acids is 2. The summed E-state index contributed by atoms with van der Waals surface area (Å²) in [5.41, 5.74) is 1.20. The normalized spacial score (nSPS) is 26.9. The molecule has 2 saturated heterocycles. The summed E-state index contributed by atoms with van der Waals surface area (Å²) in [5.74, 6) is 0.629. The van der Waals surface area contributed by atoms with Crippen LogP contribution in [0.4, 0.5) is 0 Å². The zero-order valence-electron chi connectivity index (χ0n) is 15.9. The van der Waals surface area contributed by atoms with Crippen LogP contribution >= 0.6 is 11.6 Å². The molecule has 0 bridgehead atoms. The van der Waals surface area contributed by atoms with Gasteiger partial charge in [-0.2, -0.15) is 0 Å². The maximum atomic E-state index is 13.0. The molecule has 4 rings (SSSR count). The number of carbonyl (C=O) groups is 2. The van der Waals surface area contributed by atoms with Gasteiger partial charge in [0.25, 0.3) is 0 Å². The summed E-state index contributed by atoms with van der Waals surface area (Å²) in [5, 5.41) is 4.04. The summed E-state index contributed by atoms with van der Waals surface area (Å²) in [6, 6.07) is 7.51. The molecule has 3 aliphatic rings. The number of benzene rings is 1. The summed E-state index contributed by atoms with van der Waals surface area (Å²) in [7, 11) is 0. The van der Waals surface area contributed by atoms with Gasteiger partial charge in [0, 0.05) is 36.6 Å². The Hall–Kier alpha value is -1.59. The van der Waals surface area contributed by atoms with E-state index in [1.165, 1.54) is 0 Å². The molecule has 1 aliphatic carbocycles. The summed E-state index contributed by atoms with van der Waals surface area (Å²) in [4.78, 5) is 29.6. The van der Waals surface area contributed by atoms with Gasteiger partial charge >= 0.3 is 0 Å². The molecule has 0 radical (unpaired) electrons. The van der Waals surface area contributed by atoms with Crippen LogP contribution < -0.4 is 5.32 Å². The zero-order chi connectivity index (χ0) is 19.0. The smallest absolute Gasteiger partial charge is 0.227 e. The number of nitrogens with zero attached hydrogens (tertiary/aromatic N) is 2. The minimum atomic E-state index is 0.0529. The Morgan fingerprint density at radius 1 is 1.26 bits per heavy atom. The van der Waals surface area contributed by atoms with Crippen LogP contribution in [-0.2, 0) is 16.0 Å². The molecule has 3 fully saturated rings. The number of halogens is 1. The monoisotopic (exact) mass is 389 g/mol. The lowest BCUT2D eigenvalue weighted by Gasteiger charge is -2.40. The van der Waals surface area contributed by atoms with Crippen LogP contribution in [0.2, 0.25) is 5.02 Å². The summed E-state index contributed by atoms with van der Waals surface area (Å²) in [6.45, 7) is 6.02. The molecular weight excluding hydrogens is 362 g/mol. The second-order valence-corrected chi connectivity index (χ2v) is 8.83. The first-order chi connectivity index (χ1) is 13.0. The van der Waals surface area contributed by atoms with Crippen molar-refractivity contribution in [2.45, 2.75) is 38.6 Å². The van der Waals surface area contributed by atoms with E-state index in [1.54, 1.807) is 0 Å². The van der Waals surface area contributed by atoms with Gasteiger partial charge in [0.15, 0.2) is 0 Å². The second kappa shape index (κ2) is 7.44. The fraction of sp³-hybridized carbons (Fsp3) is 0.619. The first-order valence-electron chi connectivity index (χ1n) is 10.0. The van der Waals surface area contributed by atoms with Crippen molar-refractivity contribution in [3.05, 3.63) is 34.9 Å². The fourth-order valence-corrected chi connectivity index (χ4v) is 5.06. The predicted molar refractivity (Wildman–Crippen MR) is 106 cm³/mol. The number of rotatable bonds is 3. The molecule has 2 atom stereocenters. The molecule has 27 heavy (non-hydrogen) atoms. The summed E-state index contributed by atoms with van der Waals surface area (Å²) < 4.78 is 0. The summed E-state index contributed by atoms with van der Waals surface area (Å²) >= 11 is 6.02. The van der Waals surface area contributed by atoms with Crippen molar-refractivity contribution in [3.63, 3.8) is 0 Å². The van der Waals surface area contributed by atoms with Gasteiger partial charge in [-0.05, 0) is 62.4 Å². The highest BCUT2D eigenvalue weighted by Crippen LogP contribution is 2.59. The van der Waals surface area contributed by atoms with E-state index < -0.39 is 0 Å². The number of piperazine rings is 1.